The number of rotatable bonds is 8. The number of ether oxygens (including phenoxy) is 2. The van der Waals surface area contributed by atoms with Gasteiger partial charge in [0.1, 0.15) is 23.3 Å². The molecule has 0 atom stereocenters. The van der Waals surface area contributed by atoms with E-state index < -0.39 is 28.0 Å². The molecular weight excluding hydrogens is 1060 g/mol. The highest BCUT2D eigenvalue weighted by Gasteiger charge is 2.37. The molecule has 0 unspecified atom stereocenters. The Morgan fingerprint density at radius 3 is 1.31 bits per heavy atom. The minimum absolute atomic E-state index is 0.227. The number of pyridine rings is 4. The summed E-state index contributed by atoms with van der Waals surface area (Å²) in [5, 5.41) is 34.8. The zero-order valence-electron chi connectivity index (χ0n) is 47.9. The van der Waals surface area contributed by atoms with Crippen molar-refractivity contribution in [2.75, 3.05) is 100 Å². The Kier molecular flexibility index (Phi) is 28.6. The number of likely N-dealkylation sites (N-methyl/N-ethyl adjacent to an activating group) is 2. The van der Waals surface area contributed by atoms with Crippen LogP contribution in [0.4, 0.5) is 9.59 Å². The summed E-state index contributed by atoms with van der Waals surface area (Å²) in [4.78, 5) is 69.7. The fraction of sp³-hybridized carbons (Fsp3) is 0.586. The average molecular weight is 1150 g/mol. The van der Waals surface area contributed by atoms with E-state index in [-0.39, 0.29) is 18.0 Å². The van der Waals surface area contributed by atoms with E-state index in [0.29, 0.717) is 58.4 Å². The van der Waals surface area contributed by atoms with Crippen molar-refractivity contribution in [3.63, 3.8) is 0 Å². The number of carbonyl (C=O) groups is 4. The highest BCUT2D eigenvalue weighted by Crippen LogP contribution is 2.34. The molecule has 0 saturated carbocycles. The standard InChI is InChI=1S/C15H22N2O3.C14H23N3O.C10H14N2O.C10H17NO3.C5H4BrN.C4H9NO/c1-14(2,3)20-13(18)17-9-6-15(19,7-10-17)12-5-4-8-16-11-12;1-16(2)10-11-17-8-5-14(18,6-9-17)13-4-3-7-15-12-13;13-10(3-6-11-7-4-10)9-2-1-5-12-8-9;1-10(2,3)14-9(13)11-6-4-8(12)5-7-11;6-5-2-1-3-7-4-5;1-5(2)3-4-6/h4-5,8,11,19H,6-7,9-10H2,1-3H3;3-4,7,12,18H,5-6,8-11H2,1-2H3;1-2,5,8,11,13H,3-4,6-7H2;4-7H2,1-3H3;1-4H;4H,3H2,1-2H3. The molecule has 432 valence electrons. The molecule has 0 aliphatic carbocycles. The summed E-state index contributed by atoms with van der Waals surface area (Å²) in [6.45, 7) is 19.4. The number of nitrogens with zero attached hydrogens (tertiary/aromatic N) is 9. The van der Waals surface area contributed by atoms with Crippen LogP contribution in [0.1, 0.15) is 110 Å². The van der Waals surface area contributed by atoms with Gasteiger partial charge in [0.05, 0.1) is 23.3 Å². The second kappa shape index (κ2) is 33.3. The molecule has 4 N–H and O–H groups in total. The van der Waals surface area contributed by atoms with Crippen LogP contribution in [0, 0.1) is 0 Å². The van der Waals surface area contributed by atoms with Gasteiger partial charge in [-0.3, -0.25) is 24.7 Å². The van der Waals surface area contributed by atoms with Gasteiger partial charge in [-0.05, 0) is 168 Å². The number of amides is 2. The van der Waals surface area contributed by atoms with Crippen LogP contribution >= 0.6 is 15.9 Å². The Hall–Kier alpha value is -5.32. The minimum Gasteiger partial charge on any atom is -0.444 e. The highest BCUT2D eigenvalue weighted by atomic mass is 79.9. The van der Waals surface area contributed by atoms with Gasteiger partial charge >= 0.3 is 12.2 Å². The van der Waals surface area contributed by atoms with Crippen molar-refractivity contribution >= 4 is 40.2 Å². The molecule has 0 radical (unpaired) electrons. The highest BCUT2D eigenvalue weighted by molar-refractivity contribution is 9.10. The monoisotopic (exact) mass is 1150 g/mol. The van der Waals surface area contributed by atoms with Crippen LogP contribution in [-0.4, -0.2) is 195 Å². The van der Waals surface area contributed by atoms with E-state index in [2.05, 4.69) is 65.1 Å². The number of Topliss-reactive ketones (excluding diaryl/α,β-unsaturated/α-hetero) is 1. The predicted octanol–water partition coefficient (Wildman–Crippen LogP) is 7.06. The molecule has 4 aromatic rings. The van der Waals surface area contributed by atoms with Gasteiger partial charge < -0.3 is 59.4 Å². The molecule has 8 heterocycles. The predicted molar refractivity (Wildman–Crippen MR) is 306 cm³/mol. The summed E-state index contributed by atoms with van der Waals surface area (Å²) in [7, 11) is 7.90. The molecule has 78 heavy (non-hydrogen) atoms. The Labute approximate surface area is 472 Å². The van der Waals surface area contributed by atoms with Crippen molar-refractivity contribution in [1.29, 1.82) is 0 Å². The van der Waals surface area contributed by atoms with Crippen LogP contribution in [0.3, 0.4) is 0 Å². The second-order valence-corrected chi connectivity index (χ2v) is 23.2. The summed E-state index contributed by atoms with van der Waals surface area (Å²) in [6, 6.07) is 15.2. The third kappa shape index (κ3) is 26.1. The number of hydrogen-bond donors (Lipinski definition) is 4. The van der Waals surface area contributed by atoms with Gasteiger partial charge in [0.2, 0.25) is 0 Å². The maximum Gasteiger partial charge on any atom is 0.410 e. The molecule has 0 spiro atoms. The SMILES string of the molecule is Brc1cccnc1.CC(C)(C)OC(=O)N1CCC(=O)CC1.CC(C)(C)OC(=O)N1CCC(O)(c2cccnc2)CC1.CN(C)CC=O.CN(C)CCN1CCC(O)(c2cccnc2)CC1.OC1(c2cccnc2)CCNCC1. The van der Waals surface area contributed by atoms with Crippen molar-refractivity contribution < 1.29 is 44.0 Å². The Morgan fingerprint density at radius 1 is 0.615 bits per heavy atom. The van der Waals surface area contributed by atoms with Crippen molar-refractivity contribution in [1.82, 2.24) is 49.8 Å². The number of nitrogens with one attached hydrogen (secondary N) is 1. The molecule has 4 aliphatic heterocycles. The summed E-state index contributed by atoms with van der Waals surface area (Å²) in [5.74, 6) is 0.227. The third-order valence-corrected chi connectivity index (χ3v) is 13.3. The number of piperidine rings is 4. The lowest BCUT2D eigenvalue weighted by Gasteiger charge is -2.38. The van der Waals surface area contributed by atoms with Gasteiger partial charge in [0.15, 0.2) is 0 Å². The second-order valence-electron chi connectivity index (χ2n) is 22.3. The maximum absolute atomic E-state index is 12.0. The normalized spacial score (nSPS) is 17.8. The number of aromatic nitrogens is 4. The van der Waals surface area contributed by atoms with Crippen LogP contribution in [0.25, 0.3) is 0 Å². The summed E-state index contributed by atoms with van der Waals surface area (Å²) in [5.41, 5.74) is -0.473. The fourth-order valence-electron chi connectivity index (χ4n) is 8.25. The van der Waals surface area contributed by atoms with Gasteiger partial charge in [0.25, 0.3) is 0 Å². The van der Waals surface area contributed by atoms with Crippen LogP contribution < -0.4 is 5.32 Å². The van der Waals surface area contributed by atoms with Gasteiger partial charge in [-0.2, -0.15) is 0 Å². The number of aliphatic hydroxyl groups is 3. The van der Waals surface area contributed by atoms with E-state index in [4.69, 9.17) is 9.47 Å². The van der Waals surface area contributed by atoms with Crippen molar-refractivity contribution in [2.45, 2.75) is 121 Å². The molecule has 4 aromatic heterocycles. The van der Waals surface area contributed by atoms with Crippen molar-refractivity contribution in [3.05, 3.63) is 119 Å². The van der Waals surface area contributed by atoms with Crippen LogP contribution in [0.15, 0.2) is 103 Å². The molecule has 8 rings (SSSR count). The largest absolute Gasteiger partial charge is 0.444 e. The van der Waals surface area contributed by atoms with E-state index in [1.54, 1.807) is 59.4 Å². The lowest BCUT2D eigenvalue weighted by Crippen LogP contribution is -2.46. The number of hydrogen-bond acceptors (Lipinski definition) is 17. The van der Waals surface area contributed by atoms with E-state index in [1.165, 1.54) is 0 Å². The summed E-state index contributed by atoms with van der Waals surface area (Å²) >= 11 is 3.25. The van der Waals surface area contributed by atoms with Gasteiger partial charge in [-0.1, -0.05) is 18.2 Å². The fourth-order valence-corrected chi connectivity index (χ4v) is 8.52. The zero-order valence-corrected chi connectivity index (χ0v) is 49.5. The lowest BCUT2D eigenvalue weighted by molar-refractivity contribution is -0.121. The average Bonchev–Trinajstić information content (AvgIpc) is 3.41. The smallest absolute Gasteiger partial charge is 0.410 e. The molecule has 0 aromatic carbocycles. The van der Waals surface area contributed by atoms with Gasteiger partial charge in [0, 0.05) is 136 Å². The topological polar surface area (TPSA) is 227 Å². The zero-order chi connectivity index (χ0) is 57.8. The van der Waals surface area contributed by atoms with E-state index >= 15 is 0 Å². The number of halogens is 1. The first kappa shape index (κ1) is 67.0. The number of aldehydes is 1. The Bertz CT molecular complexity index is 2290. The van der Waals surface area contributed by atoms with E-state index in [0.717, 1.165) is 92.4 Å². The minimum atomic E-state index is -0.896. The summed E-state index contributed by atoms with van der Waals surface area (Å²) in [6.07, 6.45) is 19.2. The van der Waals surface area contributed by atoms with Gasteiger partial charge in [-0.15, -0.1) is 0 Å². The molecule has 4 aliphatic rings. The van der Waals surface area contributed by atoms with E-state index in [1.807, 2.05) is 109 Å². The first-order chi connectivity index (χ1) is 36.8. The van der Waals surface area contributed by atoms with Crippen LogP contribution in [0.2, 0.25) is 0 Å². The van der Waals surface area contributed by atoms with E-state index in [9.17, 15) is 34.5 Å². The van der Waals surface area contributed by atoms with Crippen LogP contribution in [-0.2, 0) is 35.9 Å². The number of likely N-dealkylation sites (tertiary alicyclic amines) is 3. The Balaban J connectivity index is 0.000000256. The summed E-state index contributed by atoms with van der Waals surface area (Å²) < 4.78 is 11.6. The molecule has 19 nitrogen and oxygen atoms in total. The molecule has 2 amide bonds. The molecule has 4 fully saturated rings. The lowest BCUT2D eigenvalue weighted by atomic mass is 9.85. The van der Waals surface area contributed by atoms with Crippen molar-refractivity contribution in [3.8, 4) is 0 Å². The van der Waals surface area contributed by atoms with Gasteiger partial charge in [-0.25, -0.2) is 9.59 Å². The molecule has 0 bridgehead atoms. The quantitative estimate of drug-likeness (QED) is 0.130. The first-order valence-electron chi connectivity index (χ1n) is 26.8. The third-order valence-electron chi connectivity index (χ3n) is 12.9. The molecular formula is C58H89BrN10O9. The number of carbonyl (C=O) groups excluding carboxylic acids is 4. The number of ketones is 1. The van der Waals surface area contributed by atoms with Crippen molar-refractivity contribution in [2.24, 2.45) is 0 Å². The first-order valence-corrected chi connectivity index (χ1v) is 27.6. The maximum atomic E-state index is 12.0. The molecule has 20 heteroatoms. The molecule has 4 saturated heterocycles. The Morgan fingerprint density at radius 2 is 1.00 bits per heavy atom. The van der Waals surface area contributed by atoms with Crippen LogP contribution in [0.5, 0.6) is 0 Å².